The largest absolute Gasteiger partial charge is 0.481 e. The molecule has 3 aromatic rings. The van der Waals surface area contributed by atoms with Gasteiger partial charge in [0.15, 0.2) is 0 Å². The molecule has 0 radical (unpaired) electrons. The van der Waals surface area contributed by atoms with Crippen molar-refractivity contribution in [2.24, 2.45) is 11.3 Å². The Hall–Kier alpha value is -3.48. The average molecular weight is 450 g/mol. The van der Waals surface area contributed by atoms with Gasteiger partial charge in [-0.15, -0.1) is 0 Å². The summed E-state index contributed by atoms with van der Waals surface area (Å²) in [4.78, 5) is 27.3. The summed E-state index contributed by atoms with van der Waals surface area (Å²) in [5, 5.41) is 15.8. The Morgan fingerprint density at radius 2 is 1.88 bits per heavy atom. The number of carboxylic acids is 1. The molecule has 4 rings (SSSR count). The van der Waals surface area contributed by atoms with Gasteiger partial charge in [-0.1, -0.05) is 26.0 Å². The smallest absolute Gasteiger partial charge is 0.305 e. The number of pyridine rings is 1. The van der Waals surface area contributed by atoms with Crippen molar-refractivity contribution < 1.29 is 19.1 Å². The summed E-state index contributed by atoms with van der Waals surface area (Å²) in [6.45, 7) is 4.62. The molecule has 2 aromatic carbocycles. The molecule has 3 N–H and O–H groups in total. The van der Waals surface area contributed by atoms with Crippen LogP contribution in [0.2, 0.25) is 0 Å². The SMILES string of the molecule is CC1(C)CC([C@@H](Nc2cnc3cc(F)ccc3c2)c2ccc(C(=O)NCCC(=O)O)cc2)C1. The third-order valence-electron chi connectivity index (χ3n) is 6.23. The number of hydrogen-bond donors (Lipinski definition) is 3. The fraction of sp³-hybridized carbons (Fsp3) is 0.346. The molecule has 33 heavy (non-hydrogen) atoms. The zero-order valence-corrected chi connectivity index (χ0v) is 18.8. The maximum Gasteiger partial charge on any atom is 0.305 e. The molecule has 1 aliphatic rings. The minimum Gasteiger partial charge on any atom is -0.481 e. The van der Waals surface area contributed by atoms with Gasteiger partial charge in [0.2, 0.25) is 0 Å². The Kier molecular flexibility index (Phi) is 6.31. The second-order valence-corrected chi connectivity index (χ2v) is 9.54. The zero-order valence-electron chi connectivity index (χ0n) is 18.8. The number of halogens is 1. The van der Waals surface area contributed by atoms with E-state index in [0.29, 0.717) is 22.4 Å². The standard InChI is InChI=1S/C26H28FN3O3/c1-26(2)13-19(14-26)24(30-21-11-18-7-8-20(27)12-22(18)29-15-21)16-3-5-17(6-4-16)25(33)28-10-9-23(31)32/h3-8,11-12,15,19,24,30H,9-10,13-14H2,1-2H3,(H,28,33)(H,31,32)/t24-/m0/s1. The first kappa shape index (κ1) is 22.7. The van der Waals surface area contributed by atoms with Crippen LogP contribution in [-0.2, 0) is 4.79 Å². The second-order valence-electron chi connectivity index (χ2n) is 9.54. The molecule has 6 nitrogen and oxygen atoms in total. The second kappa shape index (κ2) is 9.17. The molecular weight excluding hydrogens is 421 g/mol. The van der Waals surface area contributed by atoms with E-state index in [1.807, 2.05) is 18.2 Å². The lowest BCUT2D eigenvalue weighted by Crippen LogP contribution is -2.38. The number of hydrogen-bond acceptors (Lipinski definition) is 4. The van der Waals surface area contributed by atoms with Crippen molar-refractivity contribution in [1.82, 2.24) is 10.3 Å². The molecule has 1 saturated carbocycles. The molecule has 1 amide bonds. The van der Waals surface area contributed by atoms with Crippen LogP contribution in [-0.4, -0.2) is 28.5 Å². The number of nitrogens with one attached hydrogen (secondary N) is 2. The molecule has 7 heteroatoms. The topological polar surface area (TPSA) is 91.3 Å². The minimum absolute atomic E-state index is 0.0434. The molecule has 0 aliphatic heterocycles. The fourth-order valence-electron chi connectivity index (χ4n) is 4.65. The highest BCUT2D eigenvalue weighted by Crippen LogP contribution is 2.51. The monoisotopic (exact) mass is 449 g/mol. The van der Waals surface area contributed by atoms with Crippen LogP contribution in [0.5, 0.6) is 0 Å². The third kappa shape index (κ3) is 5.48. The lowest BCUT2D eigenvalue weighted by Gasteiger charge is -2.47. The van der Waals surface area contributed by atoms with E-state index >= 15 is 0 Å². The van der Waals surface area contributed by atoms with Gasteiger partial charge in [-0.3, -0.25) is 14.6 Å². The molecule has 172 valence electrons. The van der Waals surface area contributed by atoms with E-state index in [2.05, 4.69) is 29.5 Å². The van der Waals surface area contributed by atoms with Crippen molar-refractivity contribution in [3.63, 3.8) is 0 Å². The summed E-state index contributed by atoms with van der Waals surface area (Å²) in [5.74, 6) is -1.11. The molecule has 0 spiro atoms. The normalized spacial score (nSPS) is 16.1. The van der Waals surface area contributed by atoms with Crippen LogP contribution in [0.1, 0.15) is 55.1 Å². The molecule has 1 atom stereocenters. The van der Waals surface area contributed by atoms with Crippen molar-refractivity contribution in [3.8, 4) is 0 Å². The molecule has 0 bridgehead atoms. The lowest BCUT2D eigenvalue weighted by atomic mass is 9.61. The van der Waals surface area contributed by atoms with Crippen molar-refractivity contribution in [1.29, 1.82) is 0 Å². The number of aromatic nitrogens is 1. The van der Waals surface area contributed by atoms with E-state index < -0.39 is 5.97 Å². The molecule has 1 aromatic heterocycles. The first-order chi connectivity index (χ1) is 15.7. The predicted molar refractivity (Wildman–Crippen MR) is 126 cm³/mol. The van der Waals surface area contributed by atoms with E-state index in [9.17, 15) is 14.0 Å². The summed E-state index contributed by atoms with van der Waals surface area (Å²) in [5.41, 5.74) is 3.33. The third-order valence-corrected chi connectivity index (χ3v) is 6.23. The van der Waals surface area contributed by atoms with Gasteiger partial charge >= 0.3 is 5.97 Å². The number of rotatable bonds is 8. The van der Waals surface area contributed by atoms with Crippen LogP contribution in [0.3, 0.4) is 0 Å². The number of fused-ring (bicyclic) bond motifs is 1. The molecule has 0 unspecified atom stereocenters. The first-order valence-corrected chi connectivity index (χ1v) is 11.1. The number of aliphatic carboxylic acids is 1. The van der Waals surface area contributed by atoms with Gasteiger partial charge in [-0.25, -0.2) is 4.39 Å². The maximum absolute atomic E-state index is 13.5. The lowest BCUT2D eigenvalue weighted by molar-refractivity contribution is -0.136. The van der Waals surface area contributed by atoms with Crippen LogP contribution in [0.15, 0.2) is 54.7 Å². The van der Waals surface area contributed by atoms with Crippen molar-refractivity contribution in [2.75, 3.05) is 11.9 Å². The summed E-state index contributed by atoms with van der Waals surface area (Å²) in [7, 11) is 0. The number of carbonyl (C=O) groups is 2. The summed E-state index contributed by atoms with van der Waals surface area (Å²) in [6, 6.07) is 14.0. The Bertz CT molecular complexity index is 1170. The van der Waals surface area contributed by atoms with Gasteiger partial charge in [0.25, 0.3) is 5.91 Å². The number of anilines is 1. The average Bonchev–Trinajstić information content (AvgIpc) is 2.75. The summed E-state index contributed by atoms with van der Waals surface area (Å²) in [6.07, 6.45) is 3.77. The highest BCUT2D eigenvalue weighted by Gasteiger charge is 2.41. The first-order valence-electron chi connectivity index (χ1n) is 11.1. The van der Waals surface area contributed by atoms with E-state index in [1.165, 1.54) is 12.1 Å². The van der Waals surface area contributed by atoms with Crippen molar-refractivity contribution >= 4 is 28.5 Å². The number of amides is 1. The summed E-state index contributed by atoms with van der Waals surface area (Å²) >= 11 is 0. The zero-order chi connectivity index (χ0) is 23.6. The van der Waals surface area contributed by atoms with E-state index in [4.69, 9.17) is 5.11 Å². The molecule has 1 fully saturated rings. The molecular formula is C26H28FN3O3. The van der Waals surface area contributed by atoms with Gasteiger partial charge in [0.1, 0.15) is 5.82 Å². The maximum atomic E-state index is 13.5. The number of benzene rings is 2. The quantitative estimate of drug-likeness (QED) is 0.441. The Morgan fingerprint density at radius 3 is 2.55 bits per heavy atom. The van der Waals surface area contributed by atoms with Gasteiger partial charge in [-0.05, 0) is 60.1 Å². The van der Waals surface area contributed by atoms with Crippen LogP contribution in [0, 0.1) is 17.2 Å². The van der Waals surface area contributed by atoms with E-state index in [0.717, 1.165) is 29.5 Å². The number of nitrogens with zero attached hydrogens (tertiary/aromatic N) is 1. The Labute approximate surface area is 192 Å². The molecule has 1 aliphatic carbocycles. The van der Waals surface area contributed by atoms with Gasteiger partial charge in [-0.2, -0.15) is 0 Å². The van der Waals surface area contributed by atoms with Gasteiger partial charge in [0, 0.05) is 23.6 Å². The molecule has 1 heterocycles. The van der Waals surface area contributed by atoms with Gasteiger partial charge in [0.05, 0.1) is 29.9 Å². The number of carboxylic acid groups (broad SMARTS) is 1. The van der Waals surface area contributed by atoms with Crippen LogP contribution in [0.4, 0.5) is 10.1 Å². The van der Waals surface area contributed by atoms with E-state index in [1.54, 1.807) is 24.4 Å². The van der Waals surface area contributed by atoms with Crippen LogP contribution >= 0.6 is 0 Å². The minimum atomic E-state index is -0.948. The fourth-order valence-corrected chi connectivity index (χ4v) is 4.65. The van der Waals surface area contributed by atoms with Crippen molar-refractivity contribution in [3.05, 3.63) is 71.7 Å². The Balaban J connectivity index is 1.53. The predicted octanol–water partition coefficient (Wildman–Crippen LogP) is 5.17. The molecule has 0 saturated heterocycles. The van der Waals surface area contributed by atoms with Crippen LogP contribution in [0.25, 0.3) is 10.9 Å². The van der Waals surface area contributed by atoms with E-state index in [-0.39, 0.29) is 30.7 Å². The Morgan fingerprint density at radius 1 is 1.15 bits per heavy atom. The highest BCUT2D eigenvalue weighted by atomic mass is 19.1. The van der Waals surface area contributed by atoms with Crippen LogP contribution < -0.4 is 10.6 Å². The highest BCUT2D eigenvalue weighted by molar-refractivity contribution is 5.94. The summed E-state index contributed by atoms with van der Waals surface area (Å²) < 4.78 is 13.5. The van der Waals surface area contributed by atoms with Gasteiger partial charge < -0.3 is 15.7 Å². The van der Waals surface area contributed by atoms with Crippen molar-refractivity contribution in [2.45, 2.75) is 39.2 Å². The number of carbonyl (C=O) groups excluding carboxylic acids is 1.